The number of H-pyrrole nitrogens is 1. The van der Waals surface area contributed by atoms with Crippen molar-refractivity contribution in [1.82, 2.24) is 14.8 Å². The quantitative estimate of drug-likeness (QED) is 0.327. The molecular formula is C30H28F2N4O3. The van der Waals surface area contributed by atoms with Gasteiger partial charge in [0.25, 0.3) is 0 Å². The maximum atomic E-state index is 14.6. The predicted molar refractivity (Wildman–Crippen MR) is 139 cm³/mol. The van der Waals surface area contributed by atoms with Crippen molar-refractivity contribution in [2.45, 2.75) is 50.4 Å². The topological polar surface area (TPSA) is 92.9 Å². The van der Waals surface area contributed by atoms with Crippen LogP contribution in [-0.2, 0) is 14.3 Å². The highest BCUT2D eigenvalue weighted by molar-refractivity contribution is 6.05. The van der Waals surface area contributed by atoms with E-state index >= 15 is 0 Å². The fourth-order valence-electron chi connectivity index (χ4n) is 7.55. The van der Waals surface area contributed by atoms with Gasteiger partial charge in [-0.15, -0.1) is 0 Å². The van der Waals surface area contributed by atoms with E-state index in [4.69, 9.17) is 9.47 Å². The highest BCUT2D eigenvalue weighted by atomic mass is 19.2. The molecule has 0 atom stereocenters. The minimum absolute atomic E-state index is 0.0475. The number of halogens is 2. The van der Waals surface area contributed by atoms with E-state index in [-0.39, 0.29) is 29.1 Å². The SMILES string of the molecule is COC(=O)C1CC2(C1)CC(c1c(C3CCOCC3)n(-c3ccc(F)c(F)c3)c3cc4cn[nH]c4c(C#N)c13)C2. The number of nitrogens with zero attached hydrogens (tertiary/aromatic N) is 3. The summed E-state index contributed by atoms with van der Waals surface area (Å²) < 4.78 is 41.3. The maximum absolute atomic E-state index is 14.6. The number of nitriles is 1. The average Bonchev–Trinajstić information content (AvgIpc) is 3.50. The summed E-state index contributed by atoms with van der Waals surface area (Å²) in [4.78, 5) is 12.1. The molecule has 2 aromatic carbocycles. The van der Waals surface area contributed by atoms with E-state index in [0.29, 0.717) is 30.0 Å². The van der Waals surface area contributed by atoms with Crippen molar-refractivity contribution in [3.8, 4) is 11.8 Å². The van der Waals surface area contributed by atoms with Gasteiger partial charge >= 0.3 is 5.97 Å². The molecule has 39 heavy (non-hydrogen) atoms. The number of nitrogens with one attached hydrogen (secondary N) is 1. The van der Waals surface area contributed by atoms with Crippen LogP contribution in [-0.4, -0.2) is 41.1 Å². The second-order valence-corrected chi connectivity index (χ2v) is 11.4. The first-order valence-corrected chi connectivity index (χ1v) is 13.5. The number of fused-ring (bicyclic) bond motifs is 2. The molecule has 0 unspecified atom stereocenters. The standard InChI is InChI=1S/C30H28F2N4O3/c1-38-29(37)19-12-30(13-19)10-18(11-30)25-26-21(14-33)27-17(15-34-35-27)8-24(26)36(20-2-3-22(31)23(32)9-20)28(25)16-4-6-39-7-5-16/h2-3,8-9,15-16,18-19H,4-7,10-13H2,1H3,(H,34,35). The van der Waals surface area contributed by atoms with Gasteiger partial charge in [0.1, 0.15) is 6.07 Å². The molecule has 1 spiro atoms. The number of esters is 1. The third-order valence-corrected chi connectivity index (χ3v) is 9.29. The zero-order valence-electron chi connectivity index (χ0n) is 21.6. The lowest BCUT2D eigenvalue weighted by atomic mass is 9.47. The number of carbonyl (C=O) groups excluding carboxylic acids is 1. The van der Waals surface area contributed by atoms with Crippen molar-refractivity contribution >= 4 is 27.8 Å². The molecule has 0 bridgehead atoms. The van der Waals surface area contributed by atoms with Crippen molar-refractivity contribution in [1.29, 1.82) is 5.26 Å². The fraction of sp³-hybridized carbons (Fsp3) is 0.433. The number of hydrogen-bond donors (Lipinski definition) is 1. The lowest BCUT2D eigenvalue weighted by molar-refractivity contribution is -0.159. The Morgan fingerprint density at radius 1 is 1.15 bits per heavy atom. The molecule has 9 heteroatoms. The van der Waals surface area contributed by atoms with Crippen LogP contribution in [0.15, 0.2) is 30.5 Å². The Hall–Kier alpha value is -3.77. The van der Waals surface area contributed by atoms with Gasteiger partial charge in [-0.1, -0.05) is 0 Å². The van der Waals surface area contributed by atoms with Gasteiger partial charge in [0.05, 0.1) is 35.8 Å². The van der Waals surface area contributed by atoms with Gasteiger partial charge in [0, 0.05) is 47.4 Å². The molecule has 1 N–H and O–H groups in total. The second kappa shape index (κ2) is 8.88. The molecule has 0 radical (unpaired) electrons. The van der Waals surface area contributed by atoms with Gasteiger partial charge in [-0.2, -0.15) is 10.4 Å². The summed E-state index contributed by atoms with van der Waals surface area (Å²) in [6, 6.07) is 8.42. The van der Waals surface area contributed by atoms with E-state index < -0.39 is 11.6 Å². The highest BCUT2D eigenvalue weighted by Crippen LogP contribution is 2.66. The Balaban J connectivity index is 1.46. The Morgan fingerprint density at radius 3 is 2.62 bits per heavy atom. The van der Waals surface area contributed by atoms with Crippen molar-refractivity contribution in [2.75, 3.05) is 20.3 Å². The van der Waals surface area contributed by atoms with Crippen LogP contribution in [0, 0.1) is 34.3 Å². The van der Waals surface area contributed by atoms with E-state index in [1.54, 1.807) is 12.3 Å². The Bertz CT molecular complexity index is 1660. The molecular weight excluding hydrogens is 502 g/mol. The van der Waals surface area contributed by atoms with Crippen LogP contribution in [0.3, 0.4) is 0 Å². The van der Waals surface area contributed by atoms with Crippen LogP contribution in [0.1, 0.15) is 67.2 Å². The number of carbonyl (C=O) groups is 1. The monoisotopic (exact) mass is 530 g/mol. The maximum Gasteiger partial charge on any atom is 0.308 e. The Kier molecular flexibility index (Phi) is 5.53. The van der Waals surface area contributed by atoms with Crippen LogP contribution >= 0.6 is 0 Å². The number of ether oxygens (including phenoxy) is 2. The lowest BCUT2D eigenvalue weighted by Gasteiger charge is -2.57. The number of aromatic amines is 1. The van der Waals surface area contributed by atoms with Gasteiger partial charge in [-0.05, 0) is 73.6 Å². The smallest absolute Gasteiger partial charge is 0.308 e. The summed E-state index contributed by atoms with van der Waals surface area (Å²) in [6.45, 7) is 1.24. The van der Waals surface area contributed by atoms with Crippen LogP contribution in [0.2, 0.25) is 0 Å². The summed E-state index contributed by atoms with van der Waals surface area (Å²) >= 11 is 0. The first-order valence-electron chi connectivity index (χ1n) is 13.5. The number of methoxy groups -OCH3 is 1. The molecule has 1 saturated heterocycles. The first kappa shape index (κ1) is 24.3. The molecule has 3 heterocycles. The average molecular weight is 531 g/mol. The number of rotatable bonds is 4. The number of hydrogen-bond acceptors (Lipinski definition) is 5. The molecule has 7 rings (SSSR count). The molecule has 2 saturated carbocycles. The van der Waals surface area contributed by atoms with Crippen molar-refractivity contribution in [2.24, 2.45) is 11.3 Å². The molecule has 200 valence electrons. The van der Waals surface area contributed by atoms with Gasteiger partial charge in [0.15, 0.2) is 11.6 Å². The predicted octanol–water partition coefficient (Wildman–Crippen LogP) is 6.00. The zero-order valence-corrected chi connectivity index (χ0v) is 21.6. The molecule has 4 aromatic rings. The first-order chi connectivity index (χ1) is 18.9. The van der Waals surface area contributed by atoms with E-state index in [1.165, 1.54) is 13.2 Å². The Labute approximate surface area is 223 Å². The summed E-state index contributed by atoms with van der Waals surface area (Å²) in [5.74, 6) is -1.68. The van der Waals surface area contributed by atoms with E-state index in [1.807, 2.05) is 10.6 Å². The summed E-state index contributed by atoms with van der Waals surface area (Å²) in [7, 11) is 1.43. The highest BCUT2D eigenvalue weighted by Gasteiger charge is 2.56. The van der Waals surface area contributed by atoms with Crippen molar-refractivity contribution in [3.05, 3.63) is 58.9 Å². The normalized spacial score (nSPS) is 25.0. The molecule has 7 nitrogen and oxygen atoms in total. The van der Waals surface area contributed by atoms with Crippen LogP contribution in [0.4, 0.5) is 8.78 Å². The molecule has 2 aliphatic carbocycles. The molecule has 3 aliphatic rings. The zero-order chi connectivity index (χ0) is 26.9. The lowest BCUT2D eigenvalue weighted by Crippen LogP contribution is -2.49. The van der Waals surface area contributed by atoms with Crippen LogP contribution in [0.5, 0.6) is 0 Å². The largest absolute Gasteiger partial charge is 0.469 e. The van der Waals surface area contributed by atoms with E-state index in [0.717, 1.165) is 72.1 Å². The van der Waals surface area contributed by atoms with Gasteiger partial charge in [0.2, 0.25) is 0 Å². The van der Waals surface area contributed by atoms with Crippen molar-refractivity contribution in [3.63, 3.8) is 0 Å². The van der Waals surface area contributed by atoms with E-state index in [9.17, 15) is 18.8 Å². The fourth-order valence-corrected chi connectivity index (χ4v) is 7.55. The van der Waals surface area contributed by atoms with Gasteiger partial charge < -0.3 is 14.0 Å². The molecule has 2 aromatic heterocycles. The number of benzene rings is 2. The summed E-state index contributed by atoms with van der Waals surface area (Å²) in [5, 5.41) is 19.2. The van der Waals surface area contributed by atoms with Gasteiger partial charge in [-0.25, -0.2) is 8.78 Å². The van der Waals surface area contributed by atoms with E-state index in [2.05, 4.69) is 16.3 Å². The third kappa shape index (κ3) is 3.61. The summed E-state index contributed by atoms with van der Waals surface area (Å²) in [5.41, 5.74) is 4.80. The minimum Gasteiger partial charge on any atom is -0.469 e. The molecule has 0 amide bonds. The third-order valence-electron chi connectivity index (χ3n) is 9.29. The molecule has 3 fully saturated rings. The molecule has 1 aliphatic heterocycles. The minimum atomic E-state index is -0.912. The second-order valence-electron chi connectivity index (χ2n) is 11.4. The van der Waals surface area contributed by atoms with Gasteiger partial charge in [-0.3, -0.25) is 9.89 Å². The Morgan fingerprint density at radius 2 is 1.92 bits per heavy atom. The van der Waals surface area contributed by atoms with Crippen LogP contribution in [0.25, 0.3) is 27.5 Å². The van der Waals surface area contributed by atoms with Crippen LogP contribution < -0.4 is 0 Å². The summed E-state index contributed by atoms with van der Waals surface area (Å²) in [6.07, 6.45) is 6.76. The number of aromatic nitrogens is 3. The van der Waals surface area contributed by atoms with Crippen molar-refractivity contribution < 1.29 is 23.0 Å².